The minimum Gasteiger partial charge on any atom is -0.398 e. The van der Waals surface area contributed by atoms with Crippen LogP contribution in [0, 0.1) is 0 Å². The van der Waals surface area contributed by atoms with E-state index in [-0.39, 0.29) is 11.9 Å². The molecule has 94 valence electrons. The summed E-state index contributed by atoms with van der Waals surface area (Å²) >= 11 is 1.75. The Morgan fingerprint density at radius 1 is 1.47 bits per heavy atom. The summed E-state index contributed by atoms with van der Waals surface area (Å²) in [4.78, 5) is 13.8. The Bertz CT molecular complexity index is 381. The molecule has 0 radical (unpaired) electrons. The standard InChI is InChI=1S/C13H20N2OS/c1-10(9-17-3)15(2)13(16)8-11-6-4-5-7-12(11)14/h4-7,10H,8-9,14H2,1-3H3. The number of para-hydroxylation sites is 1. The molecule has 0 aromatic heterocycles. The van der Waals surface area contributed by atoms with Gasteiger partial charge in [-0.2, -0.15) is 11.8 Å². The largest absolute Gasteiger partial charge is 0.398 e. The van der Waals surface area contributed by atoms with Gasteiger partial charge in [-0.15, -0.1) is 0 Å². The minimum atomic E-state index is 0.115. The molecule has 1 atom stereocenters. The van der Waals surface area contributed by atoms with Gasteiger partial charge >= 0.3 is 0 Å². The summed E-state index contributed by atoms with van der Waals surface area (Å²) in [7, 11) is 1.85. The zero-order valence-corrected chi connectivity index (χ0v) is 11.5. The van der Waals surface area contributed by atoms with E-state index in [4.69, 9.17) is 5.73 Å². The molecule has 4 heteroatoms. The van der Waals surface area contributed by atoms with Crippen LogP contribution in [-0.4, -0.2) is 35.9 Å². The molecule has 1 rings (SSSR count). The fraction of sp³-hybridized carbons (Fsp3) is 0.462. The number of amides is 1. The number of hydrogen-bond acceptors (Lipinski definition) is 3. The average Bonchev–Trinajstić information content (AvgIpc) is 2.31. The van der Waals surface area contributed by atoms with Gasteiger partial charge < -0.3 is 10.6 Å². The molecule has 1 aromatic carbocycles. The van der Waals surface area contributed by atoms with E-state index >= 15 is 0 Å². The lowest BCUT2D eigenvalue weighted by Gasteiger charge is -2.24. The maximum Gasteiger partial charge on any atom is 0.227 e. The third-order valence-corrected chi connectivity index (χ3v) is 3.67. The highest BCUT2D eigenvalue weighted by Crippen LogP contribution is 2.13. The van der Waals surface area contributed by atoms with E-state index < -0.39 is 0 Å². The first-order chi connectivity index (χ1) is 8.06. The number of likely N-dealkylation sites (N-methyl/N-ethyl adjacent to an activating group) is 1. The summed E-state index contributed by atoms with van der Waals surface area (Å²) in [6, 6.07) is 7.77. The van der Waals surface area contributed by atoms with E-state index in [9.17, 15) is 4.79 Å². The molecule has 1 aromatic rings. The van der Waals surface area contributed by atoms with Crippen molar-refractivity contribution in [3.05, 3.63) is 29.8 Å². The summed E-state index contributed by atoms with van der Waals surface area (Å²) in [6.45, 7) is 2.06. The van der Waals surface area contributed by atoms with Crippen molar-refractivity contribution in [3.63, 3.8) is 0 Å². The van der Waals surface area contributed by atoms with Crippen molar-refractivity contribution < 1.29 is 4.79 Å². The third kappa shape index (κ3) is 3.97. The van der Waals surface area contributed by atoms with Gasteiger partial charge in [0.2, 0.25) is 5.91 Å². The van der Waals surface area contributed by atoms with E-state index in [0.717, 1.165) is 11.3 Å². The highest BCUT2D eigenvalue weighted by Gasteiger charge is 2.16. The van der Waals surface area contributed by atoms with Crippen molar-refractivity contribution in [2.24, 2.45) is 0 Å². The van der Waals surface area contributed by atoms with Crippen LogP contribution in [0.2, 0.25) is 0 Å². The summed E-state index contributed by atoms with van der Waals surface area (Å²) in [6.07, 6.45) is 2.42. The maximum atomic E-state index is 12.0. The van der Waals surface area contributed by atoms with Crippen molar-refractivity contribution >= 4 is 23.4 Å². The van der Waals surface area contributed by atoms with Crippen LogP contribution in [-0.2, 0) is 11.2 Å². The molecule has 0 bridgehead atoms. The molecule has 0 aliphatic rings. The van der Waals surface area contributed by atoms with Crippen molar-refractivity contribution in [2.45, 2.75) is 19.4 Å². The van der Waals surface area contributed by atoms with Gasteiger partial charge in [-0.25, -0.2) is 0 Å². The number of nitrogens with zero attached hydrogens (tertiary/aromatic N) is 1. The topological polar surface area (TPSA) is 46.3 Å². The van der Waals surface area contributed by atoms with Crippen LogP contribution < -0.4 is 5.73 Å². The zero-order valence-electron chi connectivity index (χ0n) is 10.6. The Morgan fingerprint density at radius 3 is 2.71 bits per heavy atom. The Hall–Kier alpha value is -1.16. The predicted octanol–water partition coefficient (Wildman–Crippen LogP) is 2.02. The molecule has 0 heterocycles. The summed E-state index contributed by atoms with van der Waals surface area (Å²) < 4.78 is 0. The molecule has 0 aliphatic carbocycles. The molecule has 0 saturated carbocycles. The number of hydrogen-bond donors (Lipinski definition) is 1. The van der Waals surface area contributed by atoms with Crippen LogP contribution in [0.3, 0.4) is 0 Å². The smallest absolute Gasteiger partial charge is 0.227 e. The van der Waals surface area contributed by atoms with Crippen LogP contribution in [0.1, 0.15) is 12.5 Å². The first-order valence-corrected chi connectivity index (χ1v) is 7.03. The molecule has 0 fully saturated rings. The SMILES string of the molecule is CSCC(C)N(C)C(=O)Cc1ccccc1N. The van der Waals surface area contributed by atoms with Crippen LogP contribution in [0.15, 0.2) is 24.3 Å². The fourth-order valence-electron chi connectivity index (χ4n) is 1.58. The van der Waals surface area contributed by atoms with Crippen molar-refractivity contribution in [1.29, 1.82) is 0 Å². The Labute approximate surface area is 107 Å². The Morgan fingerprint density at radius 2 is 2.12 bits per heavy atom. The molecule has 17 heavy (non-hydrogen) atoms. The molecular weight excluding hydrogens is 232 g/mol. The van der Waals surface area contributed by atoms with Gasteiger partial charge in [0.15, 0.2) is 0 Å². The zero-order chi connectivity index (χ0) is 12.8. The van der Waals surface area contributed by atoms with Crippen LogP contribution in [0.25, 0.3) is 0 Å². The van der Waals surface area contributed by atoms with Gasteiger partial charge in [0.1, 0.15) is 0 Å². The molecule has 0 saturated heterocycles. The van der Waals surface area contributed by atoms with Crippen molar-refractivity contribution in [2.75, 3.05) is 24.8 Å². The Kier molecular flexibility index (Phi) is 5.35. The molecule has 3 nitrogen and oxygen atoms in total. The summed E-state index contributed by atoms with van der Waals surface area (Å²) in [5.41, 5.74) is 7.42. The quantitative estimate of drug-likeness (QED) is 0.816. The van der Waals surface area contributed by atoms with Gasteiger partial charge in [0.05, 0.1) is 6.42 Å². The number of carbonyl (C=O) groups is 1. The lowest BCUT2D eigenvalue weighted by atomic mass is 10.1. The van der Waals surface area contributed by atoms with E-state index in [1.807, 2.05) is 37.6 Å². The number of thioether (sulfide) groups is 1. The molecule has 1 amide bonds. The van der Waals surface area contributed by atoms with E-state index in [1.165, 1.54) is 0 Å². The predicted molar refractivity (Wildman–Crippen MR) is 75.2 cm³/mol. The summed E-state index contributed by atoms with van der Waals surface area (Å²) in [5.74, 6) is 1.07. The molecule has 2 N–H and O–H groups in total. The minimum absolute atomic E-state index is 0.115. The molecular formula is C13H20N2OS. The van der Waals surface area contributed by atoms with E-state index in [1.54, 1.807) is 16.7 Å². The number of nitrogen functional groups attached to an aromatic ring is 1. The monoisotopic (exact) mass is 252 g/mol. The average molecular weight is 252 g/mol. The Balaban J connectivity index is 2.63. The van der Waals surface area contributed by atoms with Gasteiger partial charge in [0.25, 0.3) is 0 Å². The number of benzene rings is 1. The van der Waals surface area contributed by atoms with Crippen LogP contribution >= 0.6 is 11.8 Å². The number of rotatable bonds is 5. The highest BCUT2D eigenvalue weighted by molar-refractivity contribution is 7.98. The first kappa shape index (κ1) is 13.9. The second kappa shape index (κ2) is 6.55. The lowest BCUT2D eigenvalue weighted by Crippen LogP contribution is -2.37. The van der Waals surface area contributed by atoms with Gasteiger partial charge in [-0.1, -0.05) is 18.2 Å². The second-order valence-corrected chi connectivity index (χ2v) is 5.10. The fourth-order valence-corrected chi connectivity index (χ4v) is 2.29. The third-order valence-electron chi connectivity index (χ3n) is 2.86. The van der Waals surface area contributed by atoms with Crippen molar-refractivity contribution in [1.82, 2.24) is 4.90 Å². The van der Waals surface area contributed by atoms with Gasteiger partial charge in [-0.05, 0) is 24.8 Å². The van der Waals surface area contributed by atoms with Crippen molar-refractivity contribution in [3.8, 4) is 0 Å². The first-order valence-electron chi connectivity index (χ1n) is 5.64. The molecule has 0 spiro atoms. The summed E-state index contributed by atoms with van der Waals surface area (Å²) in [5, 5.41) is 0. The maximum absolute atomic E-state index is 12.0. The number of carbonyl (C=O) groups excluding carboxylic acids is 1. The second-order valence-electron chi connectivity index (χ2n) is 4.18. The lowest BCUT2D eigenvalue weighted by molar-refractivity contribution is -0.130. The van der Waals surface area contributed by atoms with E-state index in [0.29, 0.717) is 12.1 Å². The van der Waals surface area contributed by atoms with Crippen LogP contribution in [0.4, 0.5) is 5.69 Å². The highest BCUT2D eigenvalue weighted by atomic mass is 32.2. The number of anilines is 1. The normalized spacial score (nSPS) is 12.2. The van der Waals surface area contributed by atoms with Gasteiger partial charge in [-0.3, -0.25) is 4.79 Å². The molecule has 1 unspecified atom stereocenters. The molecule has 0 aliphatic heterocycles. The van der Waals surface area contributed by atoms with Gasteiger partial charge in [0, 0.05) is 24.5 Å². The number of nitrogens with two attached hydrogens (primary N) is 1. The van der Waals surface area contributed by atoms with Crippen LogP contribution in [0.5, 0.6) is 0 Å². The van der Waals surface area contributed by atoms with E-state index in [2.05, 4.69) is 6.92 Å².